The van der Waals surface area contributed by atoms with Crippen molar-refractivity contribution in [1.29, 1.82) is 0 Å². The zero-order valence-corrected chi connectivity index (χ0v) is 9.83. The molecule has 0 aromatic heterocycles. The molecule has 1 saturated heterocycles. The van der Waals surface area contributed by atoms with Crippen LogP contribution in [0, 0.1) is 0 Å². The van der Waals surface area contributed by atoms with Crippen LogP contribution < -0.4 is 5.32 Å². The lowest BCUT2D eigenvalue weighted by molar-refractivity contribution is -0.142. The number of hydrogen-bond acceptors (Lipinski definition) is 3. The lowest BCUT2D eigenvalue weighted by atomic mass is 10.2. The zero-order valence-electron chi connectivity index (χ0n) is 9.02. The Bertz CT molecular complexity index is 271. The number of amides is 1. The molecule has 0 spiro atoms. The maximum atomic E-state index is 11.3. The lowest BCUT2D eigenvalue weighted by Crippen LogP contribution is -2.42. The van der Waals surface area contributed by atoms with Gasteiger partial charge in [0.05, 0.1) is 6.54 Å². The van der Waals surface area contributed by atoms with Gasteiger partial charge in [0.1, 0.15) is 6.04 Å². The Hall–Kier alpha value is -1.07. The van der Waals surface area contributed by atoms with Crippen LogP contribution in [0.25, 0.3) is 0 Å². The van der Waals surface area contributed by atoms with Crippen molar-refractivity contribution in [3.8, 4) is 0 Å². The molecule has 2 N–H and O–H groups in total. The molecule has 92 valence electrons. The van der Waals surface area contributed by atoms with Gasteiger partial charge in [-0.15, -0.1) is 19.0 Å². The molecule has 0 aromatic rings. The Morgan fingerprint density at radius 3 is 2.81 bits per heavy atom. The highest BCUT2D eigenvalue weighted by atomic mass is 35.5. The molecular formula is C10H17ClN2O3. The molecule has 1 rings (SSSR count). The standard InChI is InChI=1S/C10H16N2O3.ClH/c1-2-5-11-9(13)7-12-6-3-4-8(12)10(14)15;/h2,8H,1,3-7H2,(H,11,13)(H,14,15);1H/t8-;/m0./s1. The summed E-state index contributed by atoms with van der Waals surface area (Å²) in [5.41, 5.74) is 0. The van der Waals surface area contributed by atoms with E-state index in [2.05, 4.69) is 11.9 Å². The molecule has 0 bridgehead atoms. The van der Waals surface area contributed by atoms with E-state index in [-0.39, 0.29) is 24.9 Å². The van der Waals surface area contributed by atoms with E-state index in [4.69, 9.17) is 5.11 Å². The van der Waals surface area contributed by atoms with E-state index in [9.17, 15) is 9.59 Å². The fraction of sp³-hybridized carbons (Fsp3) is 0.600. The summed E-state index contributed by atoms with van der Waals surface area (Å²) < 4.78 is 0. The van der Waals surface area contributed by atoms with Crippen molar-refractivity contribution < 1.29 is 14.7 Å². The highest BCUT2D eigenvalue weighted by molar-refractivity contribution is 5.85. The zero-order chi connectivity index (χ0) is 11.3. The molecule has 0 aliphatic carbocycles. The number of aliphatic carboxylic acids is 1. The maximum absolute atomic E-state index is 11.3. The first-order valence-corrected chi connectivity index (χ1v) is 4.99. The number of carbonyl (C=O) groups excluding carboxylic acids is 1. The van der Waals surface area contributed by atoms with Crippen molar-refractivity contribution in [3.05, 3.63) is 12.7 Å². The maximum Gasteiger partial charge on any atom is 0.320 e. The first kappa shape index (κ1) is 14.9. The highest BCUT2D eigenvalue weighted by Gasteiger charge is 2.31. The number of halogens is 1. The number of likely N-dealkylation sites (tertiary alicyclic amines) is 1. The predicted molar refractivity (Wildman–Crippen MR) is 62.7 cm³/mol. The minimum atomic E-state index is -0.843. The first-order chi connectivity index (χ1) is 7.15. The number of nitrogens with one attached hydrogen (secondary N) is 1. The van der Waals surface area contributed by atoms with Crippen molar-refractivity contribution in [2.24, 2.45) is 0 Å². The molecule has 1 atom stereocenters. The van der Waals surface area contributed by atoms with Gasteiger partial charge in [-0.1, -0.05) is 6.08 Å². The molecular weight excluding hydrogens is 232 g/mol. The Morgan fingerprint density at radius 1 is 1.56 bits per heavy atom. The van der Waals surface area contributed by atoms with Gasteiger partial charge in [-0.25, -0.2) is 0 Å². The van der Waals surface area contributed by atoms with Gasteiger partial charge in [-0.05, 0) is 19.4 Å². The molecule has 1 amide bonds. The summed E-state index contributed by atoms with van der Waals surface area (Å²) in [6.07, 6.45) is 3.06. The number of carboxylic acids is 1. The van der Waals surface area contributed by atoms with Crippen LogP contribution in [0.3, 0.4) is 0 Å². The summed E-state index contributed by atoms with van der Waals surface area (Å²) in [5.74, 6) is -0.993. The second kappa shape index (κ2) is 7.24. The quantitative estimate of drug-likeness (QED) is 0.685. The summed E-state index contributed by atoms with van der Waals surface area (Å²) in [5, 5.41) is 11.5. The van der Waals surface area contributed by atoms with E-state index in [1.807, 2.05) is 0 Å². The molecule has 6 heteroatoms. The molecule has 1 heterocycles. The van der Waals surface area contributed by atoms with E-state index < -0.39 is 12.0 Å². The number of carbonyl (C=O) groups is 2. The Morgan fingerprint density at radius 2 is 2.25 bits per heavy atom. The van der Waals surface area contributed by atoms with E-state index in [0.717, 1.165) is 6.42 Å². The van der Waals surface area contributed by atoms with E-state index in [0.29, 0.717) is 19.5 Å². The minimum absolute atomic E-state index is 0. The summed E-state index contributed by atoms with van der Waals surface area (Å²) >= 11 is 0. The molecule has 5 nitrogen and oxygen atoms in total. The number of carboxylic acid groups (broad SMARTS) is 1. The molecule has 0 radical (unpaired) electrons. The van der Waals surface area contributed by atoms with Crippen molar-refractivity contribution in [3.63, 3.8) is 0 Å². The molecule has 16 heavy (non-hydrogen) atoms. The average molecular weight is 249 g/mol. The molecule has 0 unspecified atom stereocenters. The number of hydrogen-bond donors (Lipinski definition) is 2. The SMILES string of the molecule is C=CCNC(=O)CN1CCC[C@H]1C(=O)O.Cl. The third-order valence-corrected chi connectivity index (χ3v) is 2.44. The summed E-state index contributed by atoms with van der Waals surface area (Å²) in [6, 6.07) is -0.500. The average Bonchev–Trinajstić information content (AvgIpc) is 2.62. The van der Waals surface area contributed by atoms with Gasteiger partial charge in [0.2, 0.25) is 5.91 Å². The van der Waals surface area contributed by atoms with Gasteiger partial charge in [0.25, 0.3) is 0 Å². The van der Waals surface area contributed by atoms with E-state index >= 15 is 0 Å². The second-order valence-electron chi connectivity index (χ2n) is 3.56. The van der Waals surface area contributed by atoms with Crippen LogP contribution >= 0.6 is 12.4 Å². The first-order valence-electron chi connectivity index (χ1n) is 4.99. The largest absolute Gasteiger partial charge is 0.480 e. The minimum Gasteiger partial charge on any atom is -0.480 e. The van der Waals surface area contributed by atoms with E-state index in [1.54, 1.807) is 11.0 Å². The normalized spacial score (nSPS) is 19.9. The van der Waals surface area contributed by atoms with Crippen LogP contribution in [0.1, 0.15) is 12.8 Å². The molecule has 1 fully saturated rings. The molecule has 1 aliphatic heterocycles. The predicted octanol–water partition coefficient (Wildman–Crippen LogP) is 0.259. The van der Waals surface area contributed by atoms with Gasteiger partial charge in [0.15, 0.2) is 0 Å². The third kappa shape index (κ3) is 4.20. The fourth-order valence-electron chi connectivity index (χ4n) is 1.72. The van der Waals surface area contributed by atoms with Crippen LogP contribution in [0.15, 0.2) is 12.7 Å². The van der Waals surface area contributed by atoms with Crippen molar-refractivity contribution >= 4 is 24.3 Å². The fourth-order valence-corrected chi connectivity index (χ4v) is 1.72. The number of rotatable bonds is 5. The number of nitrogens with zero attached hydrogens (tertiary/aromatic N) is 1. The highest BCUT2D eigenvalue weighted by Crippen LogP contribution is 2.16. The Kier molecular flexibility index (Phi) is 6.76. The summed E-state index contributed by atoms with van der Waals surface area (Å²) in [6.45, 7) is 4.74. The van der Waals surface area contributed by atoms with Crippen LogP contribution in [-0.4, -0.2) is 47.6 Å². The van der Waals surface area contributed by atoms with Gasteiger partial charge in [0, 0.05) is 6.54 Å². The monoisotopic (exact) mass is 248 g/mol. The van der Waals surface area contributed by atoms with Crippen molar-refractivity contribution in [1.82, 2.24) is 10.2 Å². The van der Waals surface area contributed by atoms with Gasteiger partial charge in [-0.2, -0.15) is 0 Å². The van der Waals surface area contributed by atoms with Crippen LogP contribution in [0.2, 0.25) is 0 Å². The van der Waals surface area contributed by atoms with Crippen LogP contribution in [0.5, 0.6) is 0 Å². The lowest BCUT2D eigenvalue weighted by Gasteiger charge is -2.19. The van der Waals surface area contributed by atoms with E-state index in [1.165, 1.54) is 0 Å². The smallest absolute Gasteiger partial charge is 0.320 e. The molecule has 0 saturated carbocycles. The van der Waals surface area contributed by atoms with Crippen molar-refractivity contribution in [2.75, 3.05) is 19.6 Å². The van der Waals surface area contributed by atoms with Crippen LogP contribution in [0.4, 0.5) is 0 Å². The topological polar surface area (TPSA) is 69.6 Å². The van der Waals surface area contributed by atoms with Crippen LogP contribution in [-0.2, 0) is 9.59 Å². The summed E-state index contributed by atoms with van der Waals surface area (Å²) in [4.78, 5) is 23.8. The van der Waals surface area contributed by atoms with Gasteiger partial charge in [-0.3, -0.25) is 14.5 Å². The third-order valence-electron chi connectivity index (χ3n) is 2.44. The van der Waals surface area contributed by atoms with Gasteiger partial charge < -0.3 is 10.4 Å². The Labute approximate surface area is 101 Å². The Balaban J connectivity index is 0.00000225. The molecule has 1 aliphatic rings. The van der Waals surface area contributed by atoms with Gasteiger partial charge >= 0.3 is 5.97 Å². The second-order valence-corrected chi connectivity index (χ2v) is 3.56. The summed E-state index contributed by atoms with van der Waals surface area (Å²) in [7, 11) is 0. The molecule has 0 aromatic carbocycles. The van der Waals surface area contributed by atoms with Crippen molar-refractivity contribution in [2.45, 2.75) is 18.9 Å².